The standard InChI is InChI=1S/C11H24N2O2/c1-8(2)5-6-12-11(15)10(4)13-9(3)7-14/h8-10,13-14H,5-7H2,1-4H3,(H,12,15). The molecule has 0 heterocycles. The third-order valence-electron chi connectivity index (χ3n) is 2.22. The highest BCUT2D eigenvalue weighted by Gasteiger charge is 2.13. The van der Waals surface area contributed by atoms with Gasteiger partial charge in [0.25, 0.3) is 0 Å². The van der Waals surface area contributed by atoms with Gasteiger partial charge in [0, 0.05) is 12.6 Å². The fourth-order valence-electron chi connectivity index (χ4n) is 1.19. The molecule has 0 aliphatic heterocycles. The summed E-state index contributed by atoms with van der Waals surface area (Å²) < 4.78 is 0. The Kier molecular flexibility index (Phi) is 7.34. The monoisotopic (exact) mass is 216 g/mol. The highest BCUT2D eigenvalue weighted by Crippen LogP contribution is 1.96. The molecule has 0 saturated carbocycles. The van der Waals surface area contributed by atoms with Crippen LogP contribution < -0.4 is 10.6 Å². The summed E-state index contributed by atoms with van der Waals surface area (Å²) in [4.78, 5) is 11.5. The molecule has 4 nitrogen and oxygen atoms in total. The fraction of sp³-hybridized carbons (Fsp3) is 0.909. The third kappa shape index (κ3) is 7.33. The van der Waals surface area contributed by atoms with E-state index in [1.54, 1.807) is 6.92 Å². The Hall–Kier alpha value is -0.610. The Labute approximate surface area is 92.4 Å². The van der Waals surface area contributed by atoms with Gasteiger partial charge in [0.2, 0.25) is 5.91 Å². The van der Waals surface area contributed by atoms with Gasteiger partial charge in [-0.3, -0.25) is 4.79 Å². The maximum Gasteiger partial charge on any atom is 0.236 e. The Morgan fingerprint density at radius 2 is 1.87 bits per heavy atom. The number of rotatable bonds is 7. The molecule has 0 aromatic rings. The van der Waals surface area contributed by atoms with Crippen LogP contribution in [0.2, 0.25) is 0 Å². The van der Waals surface area contributed by atoms with Crippen LogP contribution in [0.15, 0.2) is 0 Å². The lowest BCUT2D eigenvalue weighted by Crippen LogP contribution is -2.47. The van der Waals surface area contributed by atoms with Gasteiger partial charge in [-0.25, -0.2) is 0 Å². The number of amides is 1. The zero-order chi connectivity index (χ0) is 11.8. The van der Waals surface area contributed by atoms with E-state index in [4.69, 9.17) is 5.11 Å². The molecule has 0 spiro atoms. The van der Waals surface area contributed by atoms with Crippen LogP contribution in [0.25, 0.3) is 0 Å². The Bertz CT molecular complexity index is 183. The summed E-state index contributed by atoms with van der Waals surface area (Å²) in [5.74, 6) is 0.598. The molecular formula is C11H24N2O2. The summed E-state index contributed by atoms with van der Waals surface area (Å²) in [6.45, 7) is 8.66. The van der Waals surface area contributed by atoms with E-state index in [9.17, 15) is 4.79 Å². The average molecular weight is 216 g/mol. The minimum atomic E-state index is -0.251. The van der Waals surface area contributed by atoms with Crippen molar-refractivity contribution in [1.29, 1.82) is 0 Å². The molecule has 0 bridgehead atoms. The van der Waals surface area contributed by atoms with E-state index in [2.05, 4.69) is 24.5 Å². The molecule has 0 aliphatic carbocycles. The summed E-state index contributed by atoms with van der Waals surface area (Å²) in [7, 11) is 0. The molecule has 0 aromatic carbocycles. The minimum Gasteiger partial charge on any atom is -0.395 e. The smallest absolute Gasteiger partial charge is 0.236 e. The molecule has 0 rings (SSSR count). The van der Waals surface area contributed by atoms with Gasteiger partial charge in [0.05, 0.1) is 12.6 Å². The summed E-state index contributed by atoms with van der Waals surface area (Å²) in [6, 6.07) is -0.296. The number of carbonyl (C=O) groups is 1. The van der Waals surface area contributed by atoms with E-state index in [0.29, 0.717) is 5.92 Å². The lowest BCUT2D eigenvalue weighted by molar-refractivity contribution is -0.123. The first-order valence-corrected chi connectivity index (χ1v) is 5.62. The maximum absolute atomic E-state index is 11.5. The van der Waals surface area contributed by atoms with E-state index in [0.717, 1.165) is 13.0 Å². The highest BCUT2D eigenvalue weighted by molar-refractivity contribution is 5.81. The Morgan fingerprint density at radius 1 is 1.27 bits per heavy atom. The van der Waals surface area contributed by atoms with Crippen molar-refractivity contribution in [3.63, 3.8) is 0 Å². The number of aliphatic hydroxyl groups is 1. The number of nitrogens with one attached hydrogen (secondary N) is 2. The Balaban J connectivity index is 3.69. The van der Waals surface area contributed by atoms with Crippen LogP contribution in [0.3, 0.4) is 0 Å². The molecule has 1 amide bonds. The predicted octanol–water partition coefficient (Wildman–Crippen LogP) is 0.508. The SMILES string of the molecule is CC(C)CCNC(=O)C(C)NC(C)CO. The summed E-state index contributed by atoms with van der Waals surface area (Å²) in [5, 5.41) is 14.7. The van der Waals surface area contributed by atoms with Gasteiger partial charge < -0.3 is 15.7 Å². The zero-order valence-electron chi connectivity index (χ0n) is 10.2. The first kappa shape index (κ1) is 14.4. The highest BCUT2D eigenvalue weighted by atomic mass is 16.3. The normalized spacial score (nSPS) is 15.1. The third-order valence-corrected chi connectivity index (χ3v) is 2.22. The molecule has 0 aromatic heterocycles. The van der Waals surface area contributed by atoms with Gasteiger partial charge in [-0.05, 0) is 26.2 Å². The van der Waals surface area contributed by atoms with Crippen LogP contribution in [0.5, 0.6) is 0 Å². The first-order chi connectivity index (χ1) is 6.97. The van der Waals surface area contributed by atoms with E-state index < -0.39 is 0 Å². The average Bonchev–Trinajstić information content (AvgIpc) is 2.16. The summed E-state index contributed by atoms with van der Waals surface area (Å²) in [6.07, 6.45) is 0.994. The predicted molar refractivity (Wildman–Crippen MR) is 61.6 cm³/mol. The van der Waals surface area contributed by atoms with Gasteiger partial charge in [-0.1, -0.05) is 13.8 Å². The molecular weight excluding hydrogens is 192 g/mol. The number of hydrogen-bond acceptors (Lipinski definition) is 3. The van der Waals surface area contributed by atoms with Crippen LogP contribution in [0, 0.1) is 5.92 Å². The van der Waals surface area contributed by atoms with Crippen LogP contribution >= 0.6 is 0 Å². The van der Waals surface area contributed by atoms with Crippen LogP contribution in [0.1, 0.15) is 34.1 Å². The summed E-state index contributed by atoms with van der Waals surface area (Å²) in [5.41, 5.74) is 0. The molecule has 90 valence electrons. The largest absolute Gasteiger partial charge is 0.395 e. The van der Waals surface area contributed by atoms with Gasteiger partial charge in [0.1, 0.15) is 0 Å². The van der Waals surface area contributed by atoms with Crippen molar-refractivity contribution in [2.45, 2.75) is 46.2 Å². The lowest BCUT2D eigenvalue weighted by atomic mass is 10.1. The van der Waals surface area contributed by atoms with Crippen molar-refractivity contribution < 1.29 is 9.90 Å². The molecule has 0 saturated heterocycles. The van der Waals surface area contributed by atoms with Crippen molar-refractivity contribution in [1.82, 2.24) is 10.6 Å². The lowest BCUT2D eigenvalue weighted by Gasteiger charge is -2.18. The topological polar surface area (TPSA) is 61.4 Å². The van der Waals surface area contributed by atoms with E-state index >= 15 is 0 Å². The van der Waals surface area contributed by atoms with Crippen molar-refractivity contribution in [3.05, 3.63) is 0 Å². The molecule has 3 N–H and O–H groups in total. The van der Waals surface area contributed by atoms with E-state index in [1.165, 1.54) is 0 Å². The first-order valence-electron chi connectivity index (χ1n) is 5.62. The molecule has 2 atom stereocenters. The van der Waals surface area contributed by atoms with E-state index in [-0.39, 0.29) is 24.6 Å². The second-order valence-electron chi connectivity index (χ2n) is 4.45. The van der Waals surface area contributed by atoms with Gasteiger partial charge in [-0.15, -0.1) is 0 Å². The molecule has 0 radical (unpaired) electrons. The van der Waals surface area contributed by atoms with Crippen LogP contribution in [-0.2, 0) is 4.79 Å². The molecule has 0 fully saturated rings. The van der Waals surface area contributed by atoms with Gasteiger partial charge in [-0.2, -0.15) is 0 Å². The van der Waals surface area contributed by atoms with Crippen molar-refractivity contribution in [3.8, 4) is 0 Å². The fourth-order valence-corrected chi connectivity index (χ4v) is 1.19. The van der Waals surface area contributed by atoms with Crippen LogP contribution in [0.4, 0.5) is 0 Å². The minimum absolute atomic E-state index is 0.00375. The molecule has 4 heteroatoms. The molecule has 2 unspecified atom stereocenters. The number of carbonyl (C=O) groups excluding carboxylic acids is 1. The number of aliphatic hydroxyl groups excluding tert-OH is 1. The van der Waals surface area contributed by atoms with Crippen molar-refractivity contribution >= 4 is 5.91 Å². The molecule has 15 heavy (non-hydrogen) atoms. The van der Waals surface area contributed by atoms with Gasteiger partial charge in [0.15, 0.2) is 0 Å². The zero-order valence-corrected chi connectivity index (χ0v) is 10.2. The van der Waals surface area contributed by atoms with Crippen molar-refractivity contribution in [2.24, 2.45) is 5.92 Å². The Morgan fingerprint density at radius 3 is 2.33 bits per heavy atom. The number of hydrogen-bond donors (Lipinski definition) is 3. The van der Waals surface area contributed by atoms with E-state index in [1.807, 2.05) is 6.92 Å². The van der Waals surface area contributed by atoms with Gasteiger partial charge >= 0.3 is 0 Å². The van der Waals surface area contributed by atoms with Crippen molar-refractivity contribution in [2.75, 3.05) is 13.2 Å². The summed E-state index contributed by atoms with van der Waals surface area (Å²) >= 11 is 0. The quantitative estimate of drug-likeness (QED) is 0.581. The maximum atomic E-state index is 11.5. The second-order valence-corrected chi connectivity index (χ2v) is 4.45. The van der Waals surface area contributed by atoms with Crippen LogP contribution in [-0.4, -0.2) is 36.2 Å². The molecule has 0 aliphatic rings. The second kappa shape index (κ2) is 7.65.